The van der Waals surface area contributed by atoms with E-state index in [-0.39, 0.29) is 23.3 Å². The van der Waals surface area contributed by atoms with Crippen molar-refractivity contribution in [3.05, 3.63) is 28.7 Å². The molecule has 126 valence electrons. The van der Waals surface area contributed by atoms with E-state index in [1.165, 1.54) is 17.7 Å². The number of nitrogens with one attached hydrogen (secondary N) is 1. The first kappa shape index (κ1) is 16.1. The Morgan fingerprint density at radius 2 is 1.96 bits per heavy atom. The van der Waals surface area contributed by atoms with Gasteiger partial charge in [0.15, 0.2) is 5.58 Å². The summed E-state index contributed by atoms with van der Waals surface area (Å²) in [6.07, 6.45) is -4.95. The number of alkyl halides is 3. The van der Waals surface area contributed by atoms with Gasteiger partial charge < -0.3 is 4.42 Å². The highest BCUT2D eigenvalue weighted by Crippen LogP contribution is 2.46. The van der Waals surface area contributed by atoms with Gasteiger partial charge in [0.1, 0.15) is 5.54 Å². The second-order valence-electron chi connectivity index (χ2n) is 5.60. The standard InChI is InChI=1S/C13H13F3N2O4S/c1-18-9-4-3-8(7-10(9)22-11(18)19)23(20,21)17-12(5-2-6-12)13(14,15)16/h3-4,7,17H,2,5-6H2,1H3. The molecule has 0 radical (unpaired) electrons. The van der Waals surface area contributed by atoms with Gasteiger partial charge in [-0.05, 0) is 31.4 Å². The number of hydrogen-bond acceptors (Lipinski definition) is 4. The third kappa shape index (κ3) is 2.45. The molecule has 2 aromatic rings. The Labute approximate surface area is 128 Å². The molecule has 1 aromatic heterocycles. The number of aryl methyl sites for hydroxylation is 1. The molecule has 0 amide bonds. The molecule has 0 saturated heterocycles. The van der Waals surface area contributed by atoms with E-state index < -0.39 is 27.5 Å². The minimum atomic E-state index is -4.66. The number of sulfonamides is 1. The fourth-order valence-electron chi connectivity index (χ4n) is 2.57. The maximum absolute atomic E-state index is 13.1. The number of nitrogens with zero attached hydrogens (tertiary/aromatic N) is 1. The van der Waals surface area contributed by atoms with Crippen molar-refractivity contribution in [2.24, 2.45) is 7.05 Å². The van der Waals surface area contributed by atoms with Crippen LogP contribution in [0.3, 0.4) is 0 Å². The fourth-order valence-corrected chi connectivity index (χ4v) is 4.03. The Balaban J connectivity index is 2.01. The van der Waals surface area contributed by atoms with Crippen LogP contribution >= 0.6 is 0 Å². The summed E-state index contributed by atoms with van der Waals surface area (Å²) < 4.78 is 71.7. The molecule has 1 aromatic carbocycles. The van der Waals surface area contributed by atoms with Crippen molar-refractivity contribution in [1.82, 2.24) is 9.29 Å². The van der Waals surface area contributed by atoms with Crippen molar-refractivity contribution in [1.29, 1.82) is 0 Å². The van der Waals surface area contributed by atoms with Gasteiger partial charge in [-0.2, -0.15) is 17.9 Å². The lowest BCUT2D eigenvalue weighted by molar-refractivity contribution is -0.212. The maximum atomic E-state index is 13.1. The summed E-state index contributed by atoms with van der Waals surface area (Å²) in [7, 11) is -2.96. The van der Waals surface area contributed by atoms with E-state index in [0.717, 1.165) is 12.1 Å². The van der Waals surface area contributed by atoms with E-state index >= 15 is 0 Å². The molecule has 0 spiro atoms. The molecule has 23 heavy (non-hydrogen) atoms. The van der Waals surface area contributed by atoms with E-state index in [0.29, 0.717) is 11.9 Å². The number of hydrogen-bond donors (Lipinski definition) is 1. The van der Waals surface area contributed by atoms with Gasteiger partial charge in [-0.25, -0.2) is 13.2 Å². The number of benzene rings is 1. The Morgan fingerprint density at radius 3 is 2.48 bits per heavy atom. The molecule has 0 aliphatic heterocycles. The smallest absolute Gasteiger partial charge is 0.408 e. The lowest BCUT2D eigenvalue weighted by atomic mass is 9.77. The first-order chi connectivity index (χ1) is 10.6. The SMILES string of the molecule is Cn1c(=O)oc2cc(S(=O)(=O)NC3(C(F)(F)F)CCC3)ccc21. The van der Waals surface area contributed by atoms with Gasteiger partial charge in [-0.3, -0.25) is 4.57 Å². The zero-order chi connectivity index (χ0) is 17.0. The summed E-state index contributed by atoms with van der Waals surface area (Å²) in [6, 6.07) is 3.50. The number of rotatable bonds is 3. The van der Waals surface area contributed by atoms with Crippen molar-refractivity contribution in [3.63, 3.8) is 0 Å². The molecule has 0 bridgehead atoms. The van der Waals surface area contributed by atoms with Crippen molar-refractivity contribution in [2.45, 2.75) is 35.9 Å². The summed E-state index contributed by atoms with van der Waals surface area (Å²) in [5.41, 5.74) is -2.07. The van der Waals surface area contributed by atoms with Crippen molar-refractivity contribution in [3.8, 4) is 0 Å². The molecule has 1 aliphatic carbocycles. The molecular weight excluding hydrogens is 337 g/mol. The van der Waals surface area contributed by atoms with Crippen molar-refractivity contribution >= 4 is 21.1 Å². The number of aromatic nitrogens is 1. The third-order valence-electron chi connectivity index (χ3n) is 4.15. The van der Waals surface area contributed by atoms with Crippen LogP contribution in [-0.2, 0) is 17.1 Å². The van der Waals surface area contributed by atoms with Crippen molar-refractivity contribution in [2.75, 3.05) is 0 Å². The van der Waals surface area contributed by atoms with E-state index in [1.807, 2.05) is 0 Å². The number of oxazole rings is 1. The van der Waals surface area contributed by atoms with Crippen LogP contribution in [0.15, 0.2) is 32.3 Å². The minimum Gasteiger partial charge on any atom is -0.408 e. The van der Waals surface area contributed by atoms with Crippen LogP contribution < -0.4 is 10.5 Å². The third-order valence-corrected chi connectivity index (χ3v) is 5.69. The summed E-state index contributed by atoms with van der Waals surface area (Å²) in [5, 5.41) is 0. The molecule has 1 aliphatic rings. The van der Waals surface area contributed by atoms with Crippen LogP contribution in [0.2, 0.25) is 0 Å². The quantitative estimate of drug-likeness (QED) is 0.917. The number of halogens is 3. The van der Waals surface area contributed by atoms with Crippen LogP contribution in [0.1, 0.15) is 19.3 Å². The second kappa shape index (κ2) is 4.84. The van der Waals surface area contributed by atoms with Gasteiger partial charge in [0.2, 0.25) is 10.0 Å². The lowest BCUT2D eigenvalue weighted by Crippen LogP contribution is -2.62. The maximum Gasteiger partial charge on any atom is 0.419 e. The Kier molecular flexibility index (Phi) is 3.38. The lowest BCUT2D eigenvalue weighted by Gasteiger charge is -2.43. The largest absolute Gasteiger partial charge is 0.419 e. The highest BCUT2D eigenvalue weighted by Gasteiger charge is 2.60. The Morgan fingerprint density at radius 1 is 1.30 bits per heavy atom. The predicted molar refractivity (Wildman–Crippen MR) is 74.4 cm³/mol. The van der Waals surface area contributed by atoms with Crippen LogP contribution in [0.5, 0.6) is 0 Å². The van der Waals surface area contributed by atoms with Gasteiger partial charge in [0, 0.05) is 13.1 Å². The molecule has 10 heteroatoms. The zero-order valence-electron chi connectivity index (χ0n) is 12.0. The Hall–Kier alpha value is -1.81. The van der Waals surface area contributed by atoms with Crippen LogP contribution in [-0.4, -0.2) is 24.7 Å². The van der Waals surface area contributed by atoms with Crippen LogP contribution in [0.4, 0.5) is 13.2 Å². The summed E-state index contributed by atoms with van der Waals surface area (Å²) in [5.74, 6) is -0.687. The average Bonchev–Trinajstić information content (AvgIpc) is 2.68. The molecule has 0 atom stereocenters. The summed E-state index contributed by atoms with van der Waals surface area (Å²) in [6.45, 7) is 0. The minimum absolute atomic E-state index is 0.00459. The molecule has 1 fully saturated rings. The average molecular weight is 350 g/mol. The van der Waals surface area contributed by atoms with Gasteiger partial charge in [0.05, 0.1) is 10.4 Å². The van der Waals surface area contributed by atoms with Crippen LogP contribution in [0, 0.1) is 0 Å². The van der Waals surface area contributed by atoms with E-state index in [1.54, 1.807) is 4.72 Å². The zero-order valence-corrected chi connectivity index (χ0v) is 12.8. The first-order valence-electron chi connectivity index (χ1n) is 6.76. The van der Waals surface area contributed by atoms with Crippen LogP contribution in [0.25, 0.3) is 11.1 Å². The van der Waals surface area contributed by atoms with Gasteiger partial charge in [-0.15, -0.1) is 0 Å². The molecule has 1 heterocycles. The van der Waals surface area contributed by atoms with Gasteiger partial charge in [0.25, 0.3) is 0 Å². The normalized spacial score (nSPS) is 18.1. The van der Waals surface area contributed by atoms with Crippen molar-refractivity contribution < 1.29 is 26.0 Å². The second-order valence-corrected chi connectivity index (χ2v) is 7.28. The summed E-state index contributed by atoms with van der Waals surface area (Å²) in [4.78, 5) is 11.0. The highest BCUT2D eigenvalue weighted by atomic mass is 32.2. The monoisotopic (exact) mass is 350 g/mol. The van der Waals surface area contributed by atoms with Gasteiger partial charge in [-0.1, -0.05) is 0 Å². The summed E-state index contributed by atoms with van der Waals surface area (Å²) >= 11 is 0. The molecule has 6 nitrogen and oxygen atoms in total. The molecular formula is C13H13F3N2O4S. The van der Waals surface area contributed by atoms with E-state index in [4.69, 9.17) is 4.42 Å². The Bertz CT molecular complexity index is 923. The first-order valence-corrected chi connectivity index (χ1v) is 8.24. The topological polar surface area (TPSA) is 81.3 Å². The van der Waals surface area contributed by atoms with Gasteiger partial charge >= 0.3 is 11.9 Å². The predicted octanol–water partition coefficient (Wildman–Crippen LogP) is 1.89. The van der Waals surface area contributed by atoms with E-state index in [2.05, 4.69) is 0 Å². The molecule has 1 N–H and O–H groups in total. The highest BCUT2D eigenvalue weighted by molar-refractivity contribution is 7.89. The fraction of sp³-hybridized carbons (Fsp3) is 0.462. The number of fused-ring (bicyclic) bond motifs is 1. The molecule has 0 unspecified atom stereocenters. The molecule has 1 saturated carbocycles. The van der Waals surface area contributed by atoms with E-state index in [9.17, 15) is 26.4 Å². The molecule has 3 rings (SSSR count).